The number of rotatable bonds is 8. The SMILES string of the molecule is CCCCCCC1CC1C(=O)C(=O)OOC. The van der Waals surface area contributed by atoms with Crippen LogP contribution in [0.3, 0.4) is 0 Å². The van der Waals surface area contributed by atoms with Crippen molar-refractivity contribution in [2.24, 2.45) is 11.8 Å². The van der Waals surface area contributed by atoms with Gasteiger partial charge in [0.05, 0.1) is 7.11 Å². The van der Waals surface area contributed by atoms with E-state index in [2.05, 4.69) is 16.7 Å². The summed E-state index contributed by atoms with van der Waals surface area (Å²) in [4.78, 5) is 30.9. The minimum Gasteiger partial charge on any atom is -0.290 e. The Morgan fingerprint density at radius 2 is 2.00 bits per heavy atom. The van der Waals surface area contributed by atoms with Crippen LogP contribution in [0.4, 0.5) is 0 Å². The van der Waals surface area contributed by atoms with Gasteiger partial charge in [-0.15, -0.1) is 0 Å². The van der Waals surface area contributed by atoms with Gasteiger partial charge in [-0.25, -0.2) is 4.79 Å². The first-order valence-corrected chi connectivity index (χ1v) is 5.99. The van der Waals surface area contributed by atoms with Crippen LogP contribution in [-0.2, 0) is 19.4 Å². The van der Waals surface area contributed by atoms with Crippen molar-refractivity contribution in [2.45, 2.75) is 45.4 Å². The van der Waals surface area contributed by atoms with E-state index in [1.807, 2.05) is 0 Å². The maximum absolute atomic E-state index is 11.4. The van der Waals surface area contributed by atoms with E-state index in [0.717, 1.165) is 19.3 Å². The topological polar surface area (TPSA) is 52.6 Å². The monoisotopic (exact) mass is 228 g/mol. The number of hydrogen-bond donors (Lipinski definition) is 0. The smallest absolute Gasteiger partial charge is 0.290 e. The lowest BCUT2D eigenvalue weighted by molar-refractivity contribution is -0.252. The van der Waals surface area contributed by atoms with Crippen LogP contribution in [-0.4, -0.2) is 18.9 Å². The second-order valence-electron chi connectivity index (χ2n) is 4.35. The summed E-state index contributed by atoms with van der Waals surface area (Å²) in [6, 6.07) is 0. The molecule has 1 aliphatic rings. The van der Waals surface area contributed by atoms with Gasteiger partial charge in [0.1, 0.15) is 0 Å². The van der Waals surface area contributed by atoms with Gasteiger partial charge in [0.15, 0.2) is 0 Å². The van der Waals surface area contributed by atoms with Gasteiger partial charge in [-0.1, -0.05) is 32.6 Å². The van der Waals surface area contributed by atoms with Crippen molar-refractivity contribution in [1.29, 1.82) is 0 Å². The third kappa shape index (κ3) is 3.93. The highest BCUT2D eigenvalue weighted by Crippen LogP contribution is 2.43. The van der Waals surface area contributed by atoms with Crippen molar-refractivity contribution in [3.8, 4) is 0 Å². The predicted octanol–water partition coefficient (Wildman–Crippen LogP) is 2.27. The summed E-state index contributed by atoms with van der Waals surface area (Å²) in [6.07, 6.45) is 6.72. The van der Waals surface area contributed by atoms with Crippen molar-refractivity contribution >= 4 is 11.8 Å². The highest BCUT2D eigenvalue weighted by atomic mass is 17.2. The lowest BCUT2D eigenvalue weighted by Gasteiger charge is -1.99. The molecule has 0 amide bonds. The average Bonchev–Trinajstić information content (AvgIpc) is 3.03. The van der Waals surface area contributed by atoms with Gasteiger partial charge in [0.2, 0.25) is 5.78 Å². The Labute approximate surface area is 96.2 Å². The highest BCUT2D eigenvalue weighted by Gasteiger charge is 2.45. The minimum atomic E-state index is -0.858. The standard InChI is InChI=1S/C12H20O4/c1-3-4-5-6-7-9-8-10(9)11(13)12(14)16-15-2/h9-10H,3-8H2,1-2H3. The van der Waals surface area contributed by atoms with Gasteiger partial charge in [0.25, 0.3) is 0 Å². The average molecular weight is 228 g/mol. The quantitative estimate of drug-likeness (QED) is 0.277. The Hall–Kier alpha value is -0.900. The molecular weight excluding hydrogens is 208 g/mol. The van der Waals surface area contributed by atoms with Gasteiger partial charge < -0.3 is 0 Å². The van der Waals surface area contributed by atoms with E-state index in [9.17, 15) is 9.59 Å². The number of carbonyl (C=O) groups is 2. The fraction of sp³-hybridized carbons (Fsp3) is 0.833. The molecule has 0 saturated heterocycles. The third-order valence-electron chi connectivity index (χ3n) is 3.05. The van der Waals surface area contributed by atoms with Gasteiger partial charge in [-0.3, -0.25) is 9.68 Å². The summed E-state index contributed by atoms with van der Waals surface area (Å²) < 4.78 is 0. The highest BCUT2D eigenvalue weighted by molar-refractivity contribution is 6.35. The normalized spacial score (nSPS) is 22.9. The molecule has 1 rings (SSSR count). The molecule has 2 atom stereocenters. The Kier molecular flexibility index (Phi) is 5.46. The van der Waals surface area contributed by atoms with Crippen molar-refractivity contribution < 1.29 is 19.4 Å². The molecule has 0 aromatic carbocycles. The van der Waals surface area contributed by atoms with E-state index in [1.54, 1.807) is 0 Å². The van der Waals surface area contributed by atoms with Gasteiger partial charge >= 0.3 is 5.97 Å². The maximum atomic E-state index is 11.4. The lowest BCUT2D eigenvalue weighted by atomic mass is 10.1. The zero-order chi connectivity index (χ0) is 12.0. The first kappa shape index (κ1) is 13.2. The van der Waals surface area contributed by atoms with E-state index in [0.29, 0.717) is 5.92 Å². The third-order valence-corrected chi connectivity index (χ3v) is 3.05. The second kappa shape index (κ2) is 6.63. The van der Waals surface area contributed by atoms with Gasteiger partial charge in [0, 0.05) is 5.92 Å². The molecule has 0 aromatic heterocycles. The summed E-state index contributed by atoms with van der Waals surface area (Å²) in [6.45, 7) is 2.17. The van der Waals surface area contributed by atoms with E-state index in [1.165, 1.54) is 26.4 Å². The fourth-order valence-corrected chi connectivity index (χ4v) is 1.99. The van der Waals surface area contributed by atoms with Crippen LogP contribution in [0.5, 0.6) is 0 Å². The number of unbranched alkanes of at least 4 members (excludes halogenated alkanes) is 3. The Morgan fingerprint density at radius 3 is 2.62 bits per heavy atom. The number of hydrogen-bond acceptors (Lipinski definition) is 4. The zero-order valence-electron chi connectivity index (χ0n) is 10.0. The van der Waals surface area contributed by atoms with Crippen molar-refractivity contribution in [3.63, 3.8) is 0 Å². The largest absolute Gasteiger partial charge is 0.408 e. The molecule has 0 N–H and O–H groups in total. The van der Waals surface area contributed by atoms with Crippen molar-refractivity contribution in [3.05, 3.63) is 0 Å². The molecule has 2 unspecified atom stereocenters. The number of carbonyl (C=O) groups excluding carboxylic acids is 2. The van der Waals surface area contributed by atoms with Crippen LogP contribution in [0.25, 0.3) is 0 Å². The molecule has 0 spiro atoms. The molecule has 1 aliphatic carbocycles. The van der Waals surface area contributed by atoms with Gasteiger partial charge in [-0.2, -0.15) is 4.89 Å². The molecule has 0 heterocycles. The maximum Gasteiger partial charge on any atom is 0.408 e. The molecule has 1 fully saturated rings. The zero-order valence-corrected chi connectivity index (χ0v) is 10.0. The van der Waals surface area contributed by atoms with E-state index < -0.39 is 11.8 Å². The lowest BCUT2D eigenvalue weighted by Crippen LogP contribution is -2.19. The molecule has 1 saturated carbocycles. The van der Waals surface area contributed by atoms with Crippen LogP contribution in [0.1, 0.15) is 45.4 Å². The summed E-state index contributed by atoms with van der Waals surface area (Å²) in [5, 5.41) is 0. The first-order valence-electron chi connectivity index (χ1n) is 5.99. The summed E-state index contributed by atoms with van der Waals surface area (Å²) >= 11 is 0. The van der Waals surface area contributed by atoms with Crippen LogP contribution in [0.2, 0.25) is 0 Å². The molecular formula is C12H20O4. The van der Waals surface area contributed by atoms with E-state index in [4.69, 9.17) is 0 Å². The number of ketones is 1. The summed E-state index contributed by atoms with van der Waals surface area (Å²) in [7, 11) is 1.22. The number of Topliss-reactive ketones (excluding diaryl/α,β-unsaturated/α-hetero) is 1. The Morgan fingerprint density at radius 1 is 1.25 bits per heavy atom. The molecule has 4 nitrogen and oxygen atoms in total. The van der Waals surface area contributed by atoms with E-state index >= 15 is 0 Å². The van der Waals surface area contributed by atoms with Crippen LogP contribution in [0, 0.1) is 11.8 Å². The van der Waals surface area contributed by atoms with E-state index in [-0.39, 0.29) is 5.92 Å². The molecule has 4 heteroatoms. The van der Waals surface area contributed by atoms with Crippen molar-refractivity contribution in [2.75, 3.05) is 7.11 Å². The molecule has 0 bridgehead atoms. The molecule has 16 heavy (non-hydrogen) atoms. The Balaban J connectivity index is 2.13. The summed E-state index contributed by atoms with van der Waals surface area (Å²) in [5.74, 6) is -0.996. The minimum absolute atomic E-state index is 0.107. The predicted molar refractivity (Wildman–Crippen MR) is 58.5 cm³/mol. The van der Waals surface area contributed by atoms with Gasteiger partial charge in [-0.05, 0) is 18.8 Å². The van der Waals surface area contributed by atoms with Crippen molar-refractivity contribution in [1.82, 2.24) is 0 Å². The van der Waals surface area contributed by atoms with Crippen LogP contribution < -0.4 is 0 Å². The first-order chi connectivity index (χ1) is 7.70. The van der Waals surface area contributed by atoms with Crippen LogP contribution >= 0.6 is 0 Å². The second-order valence-corrected chi connectivity index (χ2v) is 4.35. The van der Waals surface area contributed by atoms with Crippen LogP contribution in [0.15, 0.2) is 0 Å². The molecule has 92 valence electrons. The fourth-order valence-electron chi connectivity index (χ4n) is 1.99. The Bertz CT molecular complexity index is 249. The molecule has 0 aromatic rings. The molecule has 0 radical (unpaired) electrons. The molecule has 0 aliphatic heterocycles. The summed E-state index contributed by atoms with van der Waals surface area (Å²) in [5.41, 5.74) is 0.